The summed E-state index contributed by atoms with van der Waals surface area (Å²) in [6, 6.07) is 10.3. The van der Waals surface area contributed by atoms with Crippen molar-refractivity contribution in [2.45, 2.75) is 24.5 Å². The molecule has 0 aliphatic carbocycles. The molecule has 1 aromatic carbocycles. The molecule has 3 nitrogen and oxygen atoms in total. The van der Waals surface area contributed by atoms with Crippen LogP contribution in [0, 0.1) is 0 Å². The van der Waals surface area contributed by atoms with Crippen molar-refractivity contribution in [1.82, 2.24) is 10.2 Å². The zero-order chi connectivity index (χ0) is 14.2. The topological polar surface area (TPSA) is 32.3 Å². The highest BCUT2D eigenvalue weighted by Gasteiger charge is 2.16. The number of benzene rings is 1. The number of rotatable bonds is 6. The van der Waals surface area contributed by atoms with Gasteiger partial charge in [0, 0.05) is 18.8 Å². The van der Waals surface area contributed by atoms with Gasteiger partial charge in [-0.2, -0.15) is 0 Å². The molecule has 1 N–H and O–H groups in total. The number of amides is 1. The average molecular weight is 292 g/mol. The highest BCUT2D eigenvalue weighted by atomic mass is 32.2. The maximum absolute atomic E-state index is 12.1. The molecule has 1 fully saturated rings. The lowest BCUT2D eigenvalue weighted by molar-refractivity contribution is -0.127. The first kappa shape index (κ1) is 15.4. The van der Waals surface area contributed by atoms with Gasteiger partial charge in [-0.3, -0.25) is 4.79 Å². The number of nitrogens with zero attached hydrogens (tertiary/aromatic N) is 1. The predicted octanol–water partition coefficient (Wildman–Crippen LogP) is 2.17. The summed E-state index contributed by atoms with van der Waals surface area (Å²) in [5.74, 6) is 0.875. The molecule has 1 aromatic rings. The van der Waals surface area contributed by atoms with Crippen LogP contribution in [0.2, 0.25) is 0 Å². The number of piperidine rings is 1. The molecular weight excluding hydrogens is 268 g/mol. The van der Waals surface area contributed by atoms with Gasteiger partial charge in [-0.1, -0.05) is 30.3 Å². The normalized spacial score (nSPS) is 16.1. The van der Waals surface area contributed by atoms with Crippen molar-refractivity contribution in [1.29, 1.82) is 0 Å². The van der Waals surface area contributed by atoms with E-state index in [9.17, 15) is 4.79 Å². The van der Waals surface area contributed by atoms with Crippen LogP contribution in [0.25, 0.3) is 0 Å². The number of nitrogens with one attached hydrogen (secondary N) is 1. The highest BCUT2D eigenvalue weighted by Crippen LogP contribution is 2.20. The van der Waals surface area contributed by atoms with Crippen LogP contribution in [-0.4, -0.2) is 48.5 Å². The van der Waals surface area contributed by atoms with Crippen molar-refractivity contribution in [3.05, 3.63) is 35.9 Å². The van der Waals surface area contributed by atoms with Gasteiger partial charge in [-0.15, -0.1) is 11.8 Å². The Balaban J connectivity index is 1.66. The fraction of sp³-hybridized carbons (Fsp3) is 0.562. The number of hydrogen-bond donors (Lipinski definition) is 1. The smallest absolute Gasteiger partial charge is 0.232 e. The van der Waals surface area contributed by atoms with E-state index in [2.05, 4.69) is 17.4 Å². The molecule has 0 radical (unpaired) electrons. The van der Waals surface area contributed by atoms with E-state index in [1.54, 1.807) is 0 Å². The standard InChI is InChI=1S/C16H24N2OS/c1-18(12-9-14-5-3-2-4-6-14)16(19)13-20-15-7-10-17-11-8-15/h2-6,15,17H,7-13H2,1H3. The van der Waals surface area contributed by atoms with E-state index in [0.717, 1.165) is 26.1 Å². The lowest BCUT2D eigenvalue weighted by Crippen LogP contribution is -2.33. The van der Waals surface area contributed by atoms with Gasteiger partial charge in [-0.25, -0.2) is 0 Å². The molecule has 0 saturated carbocycles. The lowest BCUT2D eigenvalue weighted by Gasteiger charge is -2.23. The van der Waals surface area contributed by atoms with Gasteiger partial charge in [0.25, 0.3) is 0 Å². The molecule has 1 saturated heterocycles. The zero-order valence-electron chi connectivity index (χ0n) is 12.2. The first-order valence-corrected chi connectivity index (χ1v) is 8.41. The predicted molar refractivity (Wildman–Crippen MR) is 86.1 cm³/mol. The summed E-state index contributed by atoms with van der Waals surface area (Å²) in [5, 5.41) is 4.01. The first-order valence-electron chi connectivity index (χ1n) is 7.36. The van der Waals surface area contributed by atoms with Crippen LogP contribution >= 0.6 is 11.8 Å². The van der Waals surface area contributed by atoms with Crippen LogP contribution in [-0.2, 0) is 11.2 Å². The Morgan fingerprint density at radius 2 is 2.00 bits per heavy atom. The molecule has 0 aromatic heterocycles. The molecule has 110 valence electrons. The van der Waals surface area contributed by atoms with Crippen LogP contribution in [0.15, 0.2) is 30.3 Å². The Labute approximate surface area is 126 Å². The molecule has 0 unspecified atom stereocenters. The average Bonchev–Trinajstić information content (AvgIpc) is 2.52. The molecule has 1 heterocycles. The van der Waals surface area contributed by atoms with Gasteiger partial charge in [0.1, 0.15) is 0 Å². The largest absolute Gasteiger partial charge is 0.345 e. The van der Waals surface area contributed by atoms with Gasteiger partial charge in [-0.05, 0) is 37.9 Å². The molecule has 0 atom stereocenters. The fourth-order valence-electron chi connectivity index (χ4n) is 2.33. The van der Waals surface area contributed by atoms with Gasteiger partial charge >= 0.3 is 0 Å². The maximum Gasteiger partial charge on any atom is 0.232 e. The Bertz CT molecular complexity index is 404. The Kier molecular flexibility index (Phi) is 6.40. The first-order chi connectivity index (χ1) is 9.75. The van der Waals surface area contributed by atoms with Crippen molar-refractivity contribution in [3.8, 4) is 0 Å². The molecular formula is C16H24N2OS. The van der Waals surface area contributed by atoms with E-state index in [4.69, 9.17) is 0 Å². The van der Waals surface area contributed by atoms with E-state index < -0.39 is 0 Å². The number of carbonyl (C=O) groups excluding carboxylic acids is 1. The Hall–Kier alpha value is -1.00. The SMILES string of the molecule is CN(CCc1ccccc1)C(=O)CSC1CCNCC1. The van der Waals surface area contributed by atoms with E-state index in [0.29, 0.717) is 11.0 Å². The zero-order valence-corrected chi connectivity index (χ0v) is 13.0. The van der Waals surface area contributed by atoms with Crippen molar-refractivity contribution in [2.75, 3.05) is 32.4 Å². The molecule has 0 bridgehead atoms. The van der Waals surface area contributed by atoms with Crippen LogP contribution in [0.4, 0.5) is 0 Å². The van der Waals surface area contributed by atoms with Gasteiger partial charge in [0.2, 0.25) is 5.91 Å². The summed E-state index contributed by atoms with van der Waals surface area (Å²) in [6.45, 7) is 2.99. The van der Waals surface area contributed by atoms with Crippen LogP contribution < -0.4 is 5.32 Å². The lowest BCUT2D eigenvalue weighted by atomic mass is 10.1. The minimum Gasteiger partial charge on any atom is -0.345 e. The van der Waals surface area contributed by atoms with Gasteiger partial charge in [0.05, 0.1) is 5.75 Å². The molecule has 0 spiro atoms. The number of hydrogen-bond acceptors (Lipinski definition) is 3. The summed E-state index contributed by atoms with van der Waals surface area (Å²) >= 11 is 1.82. The number of thioether (sulfide) groups is 1. The third kappa shape index (κ3) is 5.17. The highest BCUT2D eigenvalue weighted by molar-refractivity contribution is 8.00. The van der Waals surface area contributed by atoms with Crippen molar-refractivity contribution in [3.63, 3.8) is 0 Å². The molecule has 2 rings (SSSR count). The number of carbonyl (C=O) groups is 1. The summed E-state index contributed by atoms with van der Waals surface area (Å²) in [7, 11) is 1.91. The van der Waals surface area contributed by atoms with Crippen molar-refractivity contribution < 1.29 is 4.79 Å². The van der Waals surface area contributed by atoms with E-state index >= 15 is 0 Å². The third-order valence-corrected chi connectivity index (χ3v) is 5.09. The minimum absolute atomic E-state index is 0.254. The second-order valence-corrected chi connectivity index (χ2v) is 6.60. The monoisotopic (exact) mass is 292 g/mol. The fourth-order valence-corrected chi connectivity index (χ4v) is 3.50. The summed E-state index contributed by atoms with van der Waals surface area (Å²) in [6.07, 6.45) is 3.30. The third-order valence-electron chi connectivity index (χ3n) is 3.73. The number of likely N-dealkylation sites (N-methyl/N-ethyl adjacent to an activating group) is 1. The van der Waals surface area contributed by atoms with E-state index in [1.165, 1.54) is 18.4 Å². The molecule has 1 aliphatic heterocycles. The summed E-state index contributed by atoms with van der Waals surface area (Å²) in [5.41, 5.74) is 1.29. The minimum atomic E-state index is 0.254. The molecule has 1 aliphatic rings. The second kappa shape index (κ2) is 8.32. The van der Waals surface area contributed by atoms with E-state index in [1.807, 2.05) is 41.9 Å². The van der Waals surface area contributed by atoms with Crippen molar-refractivity contribution in [2.24, 2.45) is 0 Å². The Morgan fingerprint density at radius 1 is 1.30 bits per heavy atom. The molecule has 4 heteroatoms. The summed E-state index contributed by atoms with van der Waals surface area (Å²) in [4.78, 5) is 14.0. The quantitative estimate of drug-likeness (QED) is 0.872. The van der Waals surface area contributed by atoms with Crippen molar-refractivity contribution >= 4 is 17.7 Å². The summed E-state index contributed by atoms with van der Waals surface area (Å²) < 4.78 is 0. The van der Waals surface area contributed by atoms with E-state index in [-0.39, 0.29) is 5.91 Å². The maximum atomic E-state index is 12.1. The van der Waals surface area contributed by atoms with Crippen LogP contribution in [0.1, 0.15) is 18.4 Å². The molecule has 20 heavy (non-hydrogen) atoms. The van der Waals surface area contributed by atoms with Gasteiger partial charge in [0.15, 0.2) is 0 Å². The van der Waals surface area contributed by atoms with Crippen LogP contribution in [0.3, 0.4) is 0 Å². The van der Waals surface area contributed by atoms with Gasteiger partial charge < -0.3 is 10.2 Å². The molecule has 1 amide bonds. The second-order valence-electron chi connectivity index (χ2n) is 5.31. The van der Waals surface area contributed by atoms with Crippen LogP contribution in [0.5, 0.6) is 0 Å². The Morgan fingerprint density at radius 3 is 2.70 bits per heavy atom.